The molecule has 0 radical (unpaired) electrons. The smallest absolute Gasteiger partial charge is 0.276 e. The lowest BCUT2D eigenvalue weighted by Crippen LogP contribution is -2.41. The first kappa shape index (κ1) is 26.4. The van der Waals surface area contributed by atoms with Gasteiger partial charge in [-0.3, -0.25) is 24.1 Å². The number of amides is 1. The summed E-state index contributed by atoms with van der Waals surface area (Å²) in [5.41, 5.74) is 6.67. The van der Waals surface area contributed by atoms with Gasteiger partial charge >= 0.3 is 0 Å². The monoisotopic (exact) mass is 580 g/mol. The molecule has 0 bridgehead atoms. The van der Waals surface area contributed by atoms with Crippen molar-refractivity contribution in [3.05, 3.63) is 75.2 Å². The predicted octanol–water partition coefficient (Wildman–Crippen LogP) is 3.20. The van der Waals surface area contributed by atoms with E-state index in [0.717, 1.165) is 62.1 Å². The highest BCUT2D eigenvalue weighted by molar-refractivity contribution is 6.06. The fraction of sp³-hybridized carbons (Fsp3) is 0.438. The van der Waals surface area contributed by atoms with Crippen LogP contribution in [0.3, 0.4) is 0 Å². The van der Waals surface area contributed by atoms with Gasteiger partial charge in [0.25, 0.3) is 11.5 Å². The second-order valence-electron chi connectivity index (χ2n) is 12.3. The molecule has 4 aromatic heterocycles. The van der Waals surface area contributed by atoms with Gasteiger partial charge in [0.1, 0.15) is 17.2 Å². The maximum atomic E-state index is 13.8. The summed E-state index contributed by atoms with van der Waals surface area (Å²) in [5, 5.41) is 18.6. The quantitative estimate of drug-likeness (QED) is 0.360. The zero-order valence-electron chi connectivity index (χ0n) is 24.4. The van der Waals surface area contributed by atoms with Crippen molar-refractivity contribution in [2.75, 3.05) is 23.3 Å². The molecule has 8 rings (SSSR count). The lowest BCUT2D eigenvalue weighted by Gasteiger charge is -2.30. The first-order chi connectivity index (χ1) is 21.0. The van der Waals surface area contributed by atoms with Gasteiger partial charge in [-0.25, -0.2) is 4.98 Å². The zero-order chi connectivity index (χ0) is 29.2. The van der Waals surface area contributed by atoms with Crippen LogP contribution in [-0.4, -0.2) is 58.9 Å². The summed E-state index contributed by atoms with van der Waals surface area (Å²) in [6.45, 7) is 3.61. The minimum atomic E-state index is -0.295. The Hall–Kier alpha value is -4.22. The standard InChI is InChI=1S/C32H36N8O3/c1-36-17-21(14-26(31(36)42)34-29-16-23-18-37(22-6-7-22)10-13-40(23)35-29)24-8-9-33-30(25(24)19-41)39-12-11-38-27-5-3-2-4-20(27)15-28(38)32(39)43/h8-9,14-17,22,41H,2-7,10-13,18-19H2,1H3,(H,34,35). The van der Waals surface area contributed by atoms with E-state index in [1.807, 2.05) is 22.9 Å². The van der Waals surface area contributed by atoms with Gasteiger partial charge in [-0.15, -0.1) is 0 Å². The number of hydrogen-bond donors (Lipinski definition) is 2. The molecule has 222 valence electrons. The van der Waals surface area contributed by atoms with E-state index in [1.165, 1.54) is 28.7 Å². The maximum Gasteiger partial charge on any atom is 0.276 e. The Morgan fingerprint density at radius 3 is 2.74 bits per heavy atom. The largest absolute Gasteiger partial charge is 0.392 e. The summed E-state index contributed by atoms with van der Waals surface area (Å²) in [5.74, 6) is 1.01. The molecule has 4 aromatic rings. The molecule has 2 aliphatic heterocycles. The molecule has 0 aromatic carbocycles. The number of nitrogens with one attached hydrogen (secondary N) is 1. The van der Waals surface area contributed by atoms with Crippen molar-refractivity contribution >= 4 is 23.2 Å². The van der Waals surface area contributed by atoms with Crippen LogP contribution in [0.2, 0.25) is 0 Å². The molecule has 0 atom stereocenters. The minimum Gasteiger partial charge on any atom is -0.392 e. The zero-order valence-corrected chi connectivity index (χ0v) is 24.4. The van der Waals surface area contributed by atoms with Crippen LogP contribution in [0.5, 0.6) is 0 Å². The Balaban J connectivity index is 1.11. The average molecular weight is 581 g/mol. The van der Waals surface area contributed by atoms with Crippen molar-refractivity contribution < 1.29 is 9.90 Å². The first-order valence-electron chi connectivity index (χ1n) is 15.4. The first-order valence-corrected chi connectivity index (χ1v) is 15.4. The lowest BCUT2D eigenvalue weighted by molar-refractivity contribution is 0.0963. The molecular weight excluding hydrogens is 544 g/mol. The maximum absolute atomic E-state index is 13.8. The number of nitrogens with zero attached hydrogens (tertiary/aromatic N) is 7. The summed E-state index contributed by atoms with van der Waals surface area (Å²) in [6.07, 6.45) is 10.3. The van der Waals surface area contributed by atoms with E-state index in [9.17, 15) is 14.7 Å². The Labute approximate surface area is 249 Å². The van der Waals surface area contributed by atoms with Crippen LogP contribution < -0.4 is 15.8 Å². The molecular formula is C32H36N8O3. The number of carbonyl (C=O) groups excluding carboxylic acids is 1. The van der Waals surface area contributed by atoms with Crippen LogP contribution in [0.4, 0.5) is 17.3 Å². The summed E-state index contributed by atoms with van der Waals surface area (Å²) in [4.78, 5) is 35.8. The third-order valence-electron chi connectivity index (χ3n) is 9.51. The number of aliphatic hydroxyl groups is 1. The van der Waals surface area contributed by atoms with Crippen molar-refractivity contribution in [2.24, 2.45) is 7.05 Å². The number of carbonyl (C=O) groups is 1. The molecule has 4 aliphatic rings. The number of aromatic nitrogens is 5. The lowest BCUT2D eigenvalue weighted by atomic mass is 9.98. The second kappa shape index (κ2) is 10.2. The molecule has 0 spiro atoms. The molecule has 1 fully saturated rings. The summed E-state index contributed by atoms with van der Waals surface area (Å²) < 4.78 is 5.74. The van der Waals surface area contributed by atoms with E-state index in [4.69, 9.17) is 5.10 Å². The highest BCUT2D eigenvalue weighted by atomic mass is 16.3. The van der Waals surface area contributed by atoms with Crippen LogP contribution in [0.25, 0.3) is 11.1 Å². The van der Waals surface area contributed by atoms with Crippen molar-refractivity contribution in [1.29, 1.82) is 0 Å². The highest BCUT2D eigenvalue weighted by Gasteiger charge is 2.33. The van der Waals surface area contributed by atoms with Gasteiger partial charge in [-0.2, -0.15) is 5.10 Å². The number of rotatable bonds is 6. The highest BCUT2D eigenvalue weighted by Crippen LogP contribution is 2.35. The van der Waals surface area contributed by atoms with Crippen molar-refractivity contribution in [3.8, 4) is 11.1 Å². The number of fused-ring (bicyclic) bond motifs is 4. The number of aryl methyl sites for hydroxylation is 2. The molecule has 1 saturated carbocycles. The molecule has 11 heteroatoms. The fourth-order valence-electron chi connectivity index (χ4n) is 7.17. The Bertz CT molecular complexity index is 1810. The number of pyridine rings is 2. The van der Waals surface area contributed by atoms with E-state index >= 15 is 0 Å². The second-order valence-corrected chi connectivity index (χ2v) is 12.3. The van der Waals surface area contributed by atoms with Crippen LogP contribution in [-0.2, 0) is 46.1 Å². The molecule has 0 saturated heterocycles. The average Bonchev–Trinajstić information content (AvgIpc) is 3.69. The fourth-order valence-corrected chi connectivity index (χ4v) is 7.17. The normalized spacial score (nSPS) is 18.4. The topological polar surface area (TPSA) is 113 Å². The van der Waals surface area contributed by atoms with Gasteiger partial charge in [0.15, 0.2) is 5.82 Å². The van der Waals surface area contributed by atoms with Gasteiger partial charge in [-0.1, -0.05) is 0 Å². The SMILES string of the molecule is Cn1cc(-c2ccnc(N3CCn4c(cc5c4CCCC5)C3=O)c2CO)cc(Nc2cc3n(n2)CCN(C2CC2)C3)c1=O. The van der Waals surface area contributed by atoms with Crippen molar-refractivity contribution in [2.45, 2.75) is 70.8 Å². The van der Waals surface area contributed by atoms with E-state index in [0.29, 0.717) is 47.7 Å². The van der Waals surface area contributed by atoms with E-state index in [2.05, 4.69) is 19.8 Å². The third-order valence-corrected chi connectivity index (χ3v) is 9.51. The van der Waals surface area contributed by atoms with Gasteiger partial charge < -0.3 is 19.6 Å². The summed E-state index contributed by atoms with van der Waals surface area (Å²) in [7, 11) is 1.72. The Morgan fingerprint density at radius 2 is 1.91 bits per heavy atom. The van der Waals surface area contributed by atoms with Crippen molar-refractivity contribution in [1.82, 2.24) is 28.8 Å². The third kappa shape index (κ3) is 4.49. The van der Waals surface area contributed by atoms with Gasteiger partial charge in [-0.05, 0) is 67.9 Å². The molecule has 43 heavy (non-hydrogen) atoms. The Kier molecular flexibility index (Phi) is 6.27. The van der Waals surface area contributed by atoms with Gasteiger partial charge in [0.05, 0.1) is 18.8 Å². The number of hydrogen-bond acceptors (Lipinski definition) is 7. The van der Waals surface area contributed by atoms with Crippen LogP contribution in [0, 0.1) is 0 Å². The van der Waals surface area contributed by atoms with Crippen LogP contribution in [0.1, 0.15) is 58.7 Å². The van der Waals surface area contributed by atoms with Gasteiger partial charge in [0, 0.05) is 74.5 Å². The summed E-state index contributed by atoms with van der Waals surface area (Å²) >= 11 is 0. The number of anilines is 3. The molecule has 2 N–H and O–H groups in total. The van der Waals surface area contributed by atoms with E-state index < -0.39 is 0 Å². The van der Waals surface area contributed by atoms with Crippen LogP contribution in [0.15, 0.2) is 41.5 Å². The molecule has 2 aliphatic carbocycles. The van der Waals surface area contributed by atoms with Crippen molar-refractivity contribution in [3.63, 3.8) is 0 Å². The van der Waals surface area contributed by atoms with Gasteiger partial charge in [0.2, 0.25) is 0 Å². The van der Waals surface area contributed by atoms with Crippen LogP contribution >= 0.6 is 0 Å². The summed E-state index contributed by atoms with van der Waals surface area (Å²) in [6, 6.07) is 8.40. The number of aliphatic hydroxyl groups excluding tert-OH is 1. The predicted molar refractivity (Wildman–Crippen MR) is 163 cm³/mol. The van der Waals surface area contributed by atoms with E-state index in [1.54, 1.807) is 30.4 Å². The molecule has 1 amide bonds. The van der Waals surface area contributed by atoms with E-state index in [-0.39, 0.29) is 18.1 Å². The molecule has 0 unspecified atom stereocenters. The Morgan fingerprint density at radius 1 is 1.05 bits per heavy atom. The minimum absolute atomic E-state index is 0.0909. The molecule has 11 nitrogen and oxygen atoms in total. The molecule has 6 heterocycles.